The zero-order valence-electron chi connectivity index (χ0n) is 9.45. The van der Waals surface area contributed by atoms with Gasteiger partial charge in [-0.1, -0.05) is 11.6 Å². The van der Waals surface area contributed by atoms with E-state index in [1.165, 1.54) is 12.1 Å². The summed E-state index contributed by atoms with van der Waals surface area (Å²) in [4.78, 5) is 9.66. The third kappa shape index (κ3) is 1.87. The van der Waals surface area contributed by atoms with Crippen LogP contribution in [0.1, 0.15) is 5.56 Å². The van der Waals surface area contributed by atoms with Crippen LogP contribution in [0.25, 0.3) is 21.6 Å². The molecule has 2 nitrogen and oxygen atoms in total. The molecule has 0 saturated carbocycles. The van der Waals surface area contributed by atoms with Crippen LogP contribution < -0.4 is 0 Å². The first-order valence-electron chi connectivity index (χ1n) is 5.32. The summed E-state index contributed by atoms with van der Waals surface area (Å²) in [5.74, 6) is 0.250. The molecule has 0 aliphatic carbocycles. The van der Waals surface area contributed by atoms with Crippen molar-refractivity contribution in [2.24, 2.45) is 0 Å². The van der Waals surface area contributed by atoms with Crippen molar-refractivity contribution in [3.63, 3.8) is 0 Å². The average Bonchev–Trinajstić information content (AvgIpc) is 2.76. The monoisotopic (exact) mass is 278 g/mol. The Morgan fingerprint density at radius 1 is 1.22 bits per heavy atom. The summed E-state index contributed by atoms with van der Waals surface area (Å²) in [7, 11) is 0. The maximum atomic E-state index is 13.1. The van der Waals surface area contributed by atoms with Gasteiger partial charge >= 0.3 is 0 Å². The molecule has 0 bridgehead atoms. The van der Waals surface area contributed by atoms with Crippen molar-refractivity contribution in [1.29, 1.82) is 0 Å². The summed E-state index contributed by atoms with van der Waals surface area (Å²) in [6.07, 6.45) is 0. The molecule has 0 unspecified atom stereocenters. The minimum absolute atomic E-state index is 0.280. The van der Waals surface area contributed by atoms with Crippen LogP contribution in [0.2, 0.25) is 5.15 Å². The van der Waals surface area contributed by atoms with Gasteiger partial charge in [0.15, 0.2) is 5.82 Å². The molecule has 1 aromatic carbocycles. The van der Waals surface area contributed by atoms with Crippen molar-refractivity contribution in [3.05, 3.63) is 46.2 Å². The van der Waals surface area contributed by atoms with Gasteiger partial charge in [-0.25, -0.2) is 14.4 Å². The van der Waals surface area contributed by atoms with Gasteiger partial charge in [-0.3, -0.25) is 0 Å². The normalized spacial score (nSPS) is 11.1. The number of thiophene rings is 1. The minimum atomic E-state index is -0.340. The highest BCUT2D eigenvalue weighted by Gasteiger charge is 2.11. The molecular weight excluding hydrogens is 271 g/mol. The molecule has 3 aromatic rings. The van der Waals surface area contributed by atoms with Gasteiger partial charge in [0.1, 0.15) is 11.0 Å². The largest absolute Gasteiger partial charge is 0.227 e. The van der Waals surface area contributed by atoms with E-state index in [2.05, 4.69) is 9.97 Å². The Morgan fingerprint density at radius 3 is 2.78 bits per heavy atom. The molecule has 0 spiro atoms. The summed E-state index contributed by atoms with van der Waals surface area (Å²) in [5, 5.41) is 2.80. The van der Waals surface area contributed by atoms with Crippen LogP contribution in [0.4, 0.5) is 4.39 Å². The van der Waals surface area contributed by atoms with Crippen molar-refractivity contribution in [2.75, 3.05) is 0 Å². The molecule has 2 heterocycles. The molecule has 90 valence electrons. The van der Waals surface area contributed by atoms with Gasteiger partial charge in [0.2, 0.25) is 0 Å². The Bertz CT molecular complexity index is 739. The molecular formula is C13H8ClFN2S. The highest BCUT2D eigenvalue weighted by Crippen LogP contribution is 2.30. The van der Waals surface area contributed by atoms with Gasteiger partial charge in [0.25, 0.3) is 0 Å². The highest BCUT2D eigenvalue weighted by molar-refractivity contribution is 7.13. The maximum absolute atomic E-state index is 13.1. The van der Waals surface area contributed by atoms with Gasteiger partial charge in [-0.15, -0.1) is 11.3 Å². The van der Waals surface area contributed by atoms with Gasteiger partial charge in [-0.2, -0.15) is 0 Å². The van der Waals surface area contributed by atoms with E-state index in [0.29, 0.717) is 16.7 Å². The van der Waals surface area contributed by atoms with Crippen LogP contribution in [-0.2, 0) is 0 Å². The van der Waals surface area contributed by atoms with E-state index < -0.39 is 0 Å². The Kier molecular flexibility index (Phi) is 2.76. The molecule has 0 N–H and O–H groups in total. The van der Waals surface area contributed by atoms with Gasteiger partial charge in [-0.05, 0) is 42.1 Å². The molecule has 5 heteroatoms. The first kappa shape index (κ1) is 11.6. The lowest BCUT2D eigenvalue weighted by molar-refractivity contribution is 0.629. The van der Waals surface area contributed by atoms with Gasteiger partial charge in [0, 0.05) is 5.39 Å². The lowest BCUT2D eigenvalue weighted by atomic mass is 10.2. The van der Waals surface area contributed by atoms with E-state index in [9.17, 15) is 4.39 Å². The molecule has 0 radical (unpaired) electrons. The second kappa shape index (κ2) is 4.30. The lowest BCUT2D eigenvalue weighted by Crippen LogP contribution is -1.92. The summed E-state index contributed by atoms with van der Waals surface area (Å²) >= 11 is 7.66. The molecule has 18 heavy (non-hydrogen) atoms. The fraction of sp³-hybridized carbons (Fsp3) is 0.0769. The number of hydrogen-bond donors (Lipinski definition) is 0. The average molecular weight is 279 g/mol. The fourth-order valence-electron chi connectivity index (χ4n) is 1.77. The first-order chi connectivity index (χ1) is 8.65. The van der Waals surface area contributed by atoms with E-state index in [4.69, 9.17) is 11.6 Å². The van der Waals surface area contributed by atoms with Crippen LogP contribution >= 0.6 is 22.9 Å². The third-order valence-corrected chi connectivity index (χ3v) is 3.98. The molecule has 0 aliphatic heterocycles. The van der Waals surface area contributed by atoms with E-state index in [1.807, 2.05) is 18.4 Å². The Labute approximate surface area is 112 Å². The van der Waals surface area contributed by atoms with Crippen molar-refractivity contribution in [1.82, 2.24) is 9.97 Å². The minimum Gasteiger partial charge on any atom is -0.227 e. The highest BCUT2D eigenvalue weighted by atomic mass is 35.5. The molecule has 0 fully saturated rings. The summed E-state index contributed by atoms with van der Waals surface area (Å²) in [6, 6.07) is 6.34. The van der Waals surface area contributed by atoms with Crippen molar-refractivity contribution >= 4 is 33.8 Å². The quantitative estimate of drug-likeness (QED) is 0.614. The molecule has 0 saturated heterocycles. The van der Waals surface area contributed by atoms with Gasteiger partial charge < -0.3 is 0 Å². The second-order valence-electron chi connectivity index (χ2n) is 3.93. The third-order valence-electron chi connectivity index (χ3n) is 2.68. The number of nitrogens with zero attached hydrogens (tertiary/aromatic N) is 2. The molecule has 3 rings (SSSR count). The SMILES string of the molecule is Cc1ccsc1-c1nc(Cl)c2cc(F)ccc2n1. The zero-order chi connectivity index (χ0) is 12.7. The van der Waals surface area contributed by atoms with E-state index >= 15 is 0 Å². The number of benzene rings is 1. The van der Waals surface area contributed by atoms with E-state index in [0.717, 1.165) is 10.4 Å². The second-order valence-corrected chi connectivity index (χ2v) is 5.21. The van der Waals surface area contributed by atoms with Gasteiger partial charge in [0.05, 0.1) is 10.4 Å². The number of halogens is 2. The van der Waals surface area contributed by atoms with E-state index in [1.54, 1.807) is 17.4 Å². The summed E-state index contributed by atoms with van der Waals surface area (Å²) in [5.41, 5.74) is 1.76. The Balaban J connectivity index is 2.28. The zero-order valence-corrected chi connectivity index (χ0v) is 11.0. The number of aryl methyl sites for hydroxylation is 1. The Morgan fingerprint density at radius 2 is 2.06 bits per heavy atom. The number of rotatable bonds is 1. The molecule has 2 aromatic heterocycles. The van der Waals surface area contributed by atoms with Crippen LogP contribution in [0, 0.1) is 12.7 Å². The summed E-state index contributed by atoms with van der Waals surface area (Å²) in [6.45, 7) is 2.00. The topological polar surface area (TPSA) is 25.8 Å². The predicted molar refractivity (Wildman–Crippen MR) is 72.6 cm³/mol. The number of fused-ring (bicyclic) bond motifs is 1. The smallest absolute Gasteiger partial charge is 0.171 e. The summed E-state index contributed by atoms with van der Waals surface area (Å²) < 4.78 is 13.1. The van der Waals surface area contributed by atoms with Crippen molar-refractivity contribution in [3.8, 4) is 10.7 Å². The van der Waals surface area contributed by atoms with Crippen molar-refractivity contribution < 1.29 is 4.39 Å². The lowest BCUT2D eigenvalue weighted by Gasteiger charge is -2.04. The predicted octanol–water partition coefficient (Wildman–Crippen LogP) is 4.46. The number of hydrogen-bond acceptors (Lipinski definition) is 3. The van der Waals surface area contributed by atoms with E-state index in [-0.39, 0.29) is 11.0 Å². The van der Waals surface area contributed by atoms with Crippen LogP contribution in [0.15, 0.2) is 29.6 Å². The fourth-order valence-corrected chi connectivity index (χ4v) is 2.86. The molecule has 0 aliphatic rings. The van der Waals surface area contributed by atoms with Crippen LogP contribution in [0.5, 0.6) is 0 Å². The molecule has 0 amide bonds. The number of aromatic nitrogens is 2. The van der Waals surface area contributed by atoms with Crippen LogP contribution in [0.3, 0.4) is 0 Å². The maximum Gasteiger partial charge on any atom is 0.171 e. The Hall–Kier alpha value is -1.52. The first-order valence-corrected chi connectivity index (χ1v) is 6.58. The van der Waals surface area contributed by atoms with Crippen LogP contribution in [-0.4, -0.2) is 9.97 Å². The standard InChI is InChI=1S/C13H8ClFN2S/c1-7-4-5-18-11(7)13-16-10-3-2-8(15)6-9(10)12(14)17-13/h2-6H,1H3. The molecule has 0 atom stereocenters. The van der Waals surface area contributed by atoms with Crippen molar-refractivity contribution in [2.45, 2.75) is 6.92 Å².